The van der Waals surface area contributed by atoms with Crippen LogP contribution in [0.3, 0.4) is 0 Å². The van der Waals surface area contributed by atoms with E-state index in [1.807, 2.05) is 13.1 Å². The van der Waals surface area contributed by atoms with Crippen LogP contribution in [0.15, 0.2) is 16.9 Å². The summed E-state index contributed by atoms with van der Waals surface area (Å²) in [5, 5.41) is 4.21. The molecule has 0 aromatic carbocycles. The van der Waals surface area contributed by atoms with E-state index in [0.29, 0.717) is 5.82 Å². The summed E-state index contributed by atoms with van der Waals surface area (Å²) in [5.74, 6) is 2.02. The summed E-state index contributed by atoms with van der Waals surface area (Å²) in [6, 6.07) is 0. The van der Waals surface area contributed by atoms with Crippen LogP contribution >= 0.6 is 15.9 Å². The lowest BCUT2D eigenvalue weighted by molar-refractivity contribution is 0.780. The first-order chi connectivity index (χ1) is 8.11. The van der Waals surface area contributed by atoms with Crippen LogP contribution in [0.4, 0.5) is 5.82 Å². The van der Waals surface area contributed by atoms with Gasteiger partial charge in [-0.25, -0.2) is 14.6 Å². The third kappa shape index (κ3) is 2.46. The first-order valence-electron chi connectivity index (χ1n) is 5.45. The van der Waals surface area contributed by atoms with Gasteiger partial charge in [-0.3, -0.25) is 0 Å². The number of halogens is 1. The van der Waals surface area contributed by atoms with E-state index >= 15 is 0 Å². The number of nitrogens with two attached hydrogens (primary N) is 1. The van der Waals surface area contributed by atoms with Gasteiger partial charge in [-0.2, -0.15) is 5.10 Å². The summed E-state index contributed by atoms with van der Waals surface area (Å²) in [7, 11) is 0. The van der Waals surface area contributed by atoms with E-state index in [1.54, 1.807) is 10.9 Å². The molecule has 90 valence electrons. The van der Waals surface area contributed by atoms with Gasteiger partial charge in [-0.05, 0) is 29.3 Å². The van der Waals surface area contributed by atoms with E-state index in [2.05, 4.69) is 37.9 Å². The number of hydrogen-bond acceptors (Lipinski definition) is 4. The van der Waals surface area contributed by atoms with Crippen LogP contribution in [0, 0.1) is 6.92 Å². The van der Waals surface area contributed by atoms with Crippen LogP contribution in [-0.2, 0) is 6.42 Å². The normalized spacial score (nSPS) is 10.8. The molecule has 2 heterocycles. The molecule has 0 spiro atoms. The second kappa shape index (κ2) is 4.83. The molecule has 0 atom stereocenters. The summed E-state index contributed by atoms with van der Waals surface area (Å²) < 4.78 is 2.61. The predicted octanol–water partition coefficient (Wildman–Crippen LogP) is 2.27. The third-order valence-corrected chi connectivity index (χ3v) is 2.86. The fourth-order valence-electron chi connectivity index (χ4n) is 1.54. The number of anilines is 1. The Morgan fingerprint density at radius 3 is 2.76 bits per heavy atom. The topological polar surface area (TPSA) is 69.6 Å². The van der Waals surface area contributed by atoms with Gasteiger partial charge in [0.05, 0.1) is 10.7 Å². The maximum atomic E-state index is 5.89. The fourth-order valence-corrected chi connectivity index (χ4v) is 1.83. The lowest BCUT2D eigenvalue weighted by Crippen LogP contribution is -2.09. The van der Waals surface area contributed by atoms with Crippen molar-refractivity contribution in [3.8, 4) is 5.82 Å². The standard InChI is InChI=1S/C11H14BrN5/c1-3-4-9-15-10(13)7(2)11(16-9)17-6-8(12)5-14-17/h5-6H,3-4H2,1-2H3,(H2,13,15,16). The molecule has 0 saturated carbocycles. The Morgan fingerprint density at radius 1 is 1.41 bits per heavy atom. The van der Waals surface area contributed by atoms with Crippen LogP contribution in [0.1, 0.15) is 24.7 Å². The molecule has 0 fully saturated rings. The second-order valence-electron chi connectivity index (χ2n) is 3.83. The molecule has 0 saturated heterocycles. The lowest BCUT2D eigenvalue weighted by Gasteiger charge is -2.09. The minimum atomic E-state index is 0.519. The molecule has 0 aliphatic heterocycles. The zero-order valence-corrected chi connectivity index (χ0v) is 11.4. The molecule has 0 radical (unpaired) electrons. The Bertz CT molecular complexity index is 535. The molecule has 2 rings (SSSR count). The van der Waals surface area contributed by atoms with E-state index < -0.39 is 0 Å². The maximum Gasteiger partial charge on any atom is 0.162 e. The van der Waals surface area contributed by atoms with E-state index in [-0.39, 0.29) is 0 Å². The van der Waals surface area contributed by atoms with Gasteiger partial charge in [0.25, 0.3) is 0 Å². The zero-order chi connectivity index (χ0) is 12.4. The molecule has 2 aromatic heterocycles. The van der Waals surface area contributed by atoms with Gasteiger partial charge in [0, 0.05) is 18.2 Å². The first-order valence-corrected chi connectivity index (χ1v) is 6.24. The Hall–Kier alpha value is -1.43. The number of aromatic nitrogens is 4. The highest BCUT2D eigenvalue weighted by Crippen LogP contribution is 2.18. The Labute approximate surface area is 108 Å². The Morgan fingerprint density at radius 2 is 2.18 bits per heavy atom. The molecule has 6 heteroatoms. The molecule has 0 amide bonds. The van der Waals surface area contributed by atoms with Crippen LogP contribution in [0.25, 0.3) is 5.82 Å². The van der Waals surface area contributed by atoms with Crippen molar-refractivity contribution >= 4 is 21.7 Å². The average Bonchev–Trinajstić information content (AvgIpc) is 2.70. The van der Waals surface area contributed by atoms with Crippen molar-refractivity contribution in [3.63, 3.8) is 0 Å². The Balaban J connectivity index is 2.52. The molecule has 2 N–H and O–H groups in total. The quantitative estimate of drug-likeness (QED) is 0.943. The molecule has 0 aliphatic carbocycles. The van der Waals surface area contributed by atoms with Crippen molar-refractivity contribution in [2.24, 2.45) is 0 Å². The molecule has 0 unspecified atom stereocenters. The van der Waals surface area contributed by atoms with Crippen LogP contribution in [0.2, 0.25) is 0 Å². The number of aryl methyl sites for hydroxylation is 1. The highest BCUT2D eigenvalue weighted by molar-refractivity contribution is 9.10. The molecular formula is C11H14BrN5. The highest BCUT2D eigenvalue weighted by atomic mass is 79.9. The lowest BCUT2D eigenvalue weighted by atomic mass is 10.2. The average molecular weight is 296 g/mol. The molecule has 0 aliphatic rings. The summed E-state index contributed by atoms with van der Waals surface area (Å²) >= 11 is 3.36. The third-order valence-electron chi connectivity index (χ3n) is 2.45. The fraction of sp³-hybridized carbons (Fsp3) is 0.364. The second-order valence-corrected chi connectivity index (χ2v) is 4.74. The van der Waals surface area contributed by atoms with E-state index in [1.165, 1.54) is 0 Å². The minimum absolute atomic E-state index is 0.519. The summed E-state index contributed by atoms with van der Waals surface area (Å²) in [6.07, 6.45) is 5.38. The van der Waals surface area contributed by atoms with Gasteiger partial charge in [0.1, 0.15) is 11.6 Å². The van der Waals surface area contributed by atoms with Gasteiger partial charge >= 0.3 is 0 Å². The van der Waals surface area contributed by atoms with Crippen molar-refractivity contribution in [3.05, 3.63) is 28.3 Å². The van der Waals surface area contributed by atoms with Crippen LogP contribution < -0.4 is 5.73 Å². The zero-order valence-electron chi connectivity index (χ0n) is 9.81. The Kier molecular flexibility index (Phi) is 3.42. The van der Waals surface area contributed by atoms with Gasteiger partial charge in [-0.15, -0.1) is 0 Å². The van der Waals surface area contributed by atoms with Crippen molar-refractivity contribution in [1.82, 2.24) is 19.7 Å². The van der Waals surface area contributed by atoms with Crippen molar-refractivity contribution in [2.75, 3.05) is 5.73 Å². The predicted molar refractivity (Wildman–Crippen MR) is 70.0 cm³/mol. The van der Waals surface area contributed by atoms with Crippen molar-refractivity contribution in [2.45, 2.75) is 26.7 Å². The SMILES string of the molecule is CCCc1nc(N)c(C)c(-n2cc(Br)cn2)n1. The van der Waals surface area contributed by atoms with Crippen LogP contribution in [0.5, 0.6) is 0 Å². The van der Waals surface area contributed by atoms with Crippen LogP contribution in [-0.4, -0.2) is 19.7 Å². The van der Waals surface area contributed by atoms with E-state index in [4.69, 9.17) is 5.73 Å². The number of nitrogens with zero attached hydrogens (tertiary/aromatic N) is 4. The van der Waals surface area contributed by atoms with E-state index in [9.17, 15) is 0 Å². The molecular weight excluding hydrogens is 282 g/mol. The van der Waals surface area contributed by atoms with E-state index in [0.717, 1.165) is 34.5 Å². The van der Waals surface area contributed by atoms with Gasteiger partial charge in [-0.1, -0.05) is 6.92 Å². The number of hydrogen-bond donors (Lipinski definition) is 1. The molecule has 5 nitrogen and oxygen atoms in total. The molecule has 2 aromatic rings. The monoisotopic (exact) mass is 295 g/mol. The van der Waals surface area contributed by atoms with Gasteiger partial charge in [0.15, 0.2) is 5.82 Å². The number of nitrogen functional groups attached to an aromatic ring is 1. The number of rotatable bonds is 3. The highest BCUT2D eigenvalue weighted by Gasteiger charge is 2.11. The molecule has 0 bridgehead atoms. The molecule has 17 heavy (non-hydrogen) atoms. The largest absolute Gasteiger partial charge is 0.383 e. The smallest absolute Gasteiger partial charge is 0.162 e. The summed E-state index contributed by atoms with van der Waals surface area (Å²) in [5.41, 5.74) is 6.74. The van der Waals surface area contributed by atoms with Gasteiger partial charge < -0.3 is 5.73 Å². The van der Waals surface area contributed by atoms with Gasteiger partial charge in [0.2, 0.25) is 0 Å². The van der Waals surface area contributed by atoms with Crippen molar-refractivity contribution in [1.29, 1.82) is 0 Å². The minimum Gasteiger partial charge on any atom is -0.383 e. The summed E-state index contributed by atoms with van der Waals surface area (Å²) in [4.78, 5) is 8.76. The first kappa shape index (κ1) is 12.0. The maximum absolute atomic E-state index is 5.89. The van der Waals surface area contributed by atoms with Crippen molar-refractivity contribution < 1.29 is 0 Å². The summed E-state index contributed by atoms with van der Waals surface area (Å²) in [6.45, 7) is 3.99.